The molecule has 26 heavy (non-hydrogen) atoms. The van der Waals surface area contributed by atoms with Gasteiger partial charge >= 0.3 is 0 Å². The van der Waals surface area contributed by atoms with Gasteiger partial charge in [-0.3, -0.25) is 4.79 Å². The third-order valence-electron chi connectivity index (χ3n) is 3.72. The third-order valence-corrected chi connectivity index (χ3v) is 5.56. The van der Waals surface area contributed by atoms with Gasteiger partial charge in [0.15, 0.2) is 0 Å². The van der Waals surface area contributed by atoms with E-state index in [1.165, 1.54) is 11.3 Å². The van der Waals surface area contributed by atoms with Gasteiger partial charge in [-0.2, -0.15) is 11.3 Å². The van der Waals surface area contributed by atoms with Gasteiger partial charge in [0.2, 0.25) is 0 Å². The third kappa shape index (κ3) is 4.72. The van der Waals surface area contributed by atoms with Crippen LogP contribution in [0.4, 0.5) is 0 Å². The summed E-state index contributed by atoms with van der Waals surface area (Å²) in [6.45, 7) is 4.36. The predicted octanol–water partition coefficient (Wildman–Crippen LogP) is 4.61. The van der Waals surface area contributed by atoms with E-state index in [-0.39, 0.29) is 12.0 Å². The van der Waals surface area contributed by atoms with Crippen LogP contribution >= 0.6 is 22.7 Å². The zero-order valence-corrected chi connectivity index (χ0v) is 16.3. The number of rotatable bonds is 7. The molecule has 2 N–H and O–H groups in total. The van der Waals surface area contributed by atoms with E-state index in [0.717, 1.165) is 21.1 Å². The molecule has 0 radical (unpaired) electrons. The highest BCUT2D eigenvalue weighted by Gasteiger charge is 2.14. The summed E-state index contributed by atoms with van der Waals surface area (Å²) < 4.78 is 5.58. The Labute approximate surface area is 161 Å². The lowest BCUT2D eigenvalue weighted by molar-refractivity contribution is 0.0951. The van der Waals surface area contributed by atoms with Gasteiger partial charge in [0.05, 0.1) is 12.6 Å². The van der Waals surface area contributed by atoms with E-state index in [0.29, 0.717) is 12.1 Å². The summed E-state index contributed by atoms with van der Waals surface area (Å²) in [4.78, 5) is 14.2. The van der Waals surface area contributed by atoms with Crippen molar-refractivity contribution in [3.8, 4) is 5.75 Å². The summed E-state index contributed by atoms with van der Waals surface area (Å²) in [5.41, 5.74) is 1.49. The SMILES string of the molecule is CC(C)Oc1ccc(C(=O)NCc2ccc([C@H](O)c3ccsc3)s2)cc1. The summed E-state index contributed by atoms with van der Waals surface area (Å²) in [6, 6.07) is 12.9. The molecule has 0 spiro atoms. The van der Waals surface area contributed by atoms with E-state index in [9.17, 15) is 9.90 Å². The second kappa shape index (κ2) is 8.49. The quantitative estimate of drug-likeness (QED) is 0.622. The number of carbonyl (C=O) groups is 1. The lowest BCUT2D eigenvalue weighted by atomic mass is 10.2. The van der Waals surface area contributed by atoms with Crippen molar-refractivity contribution in [3.05, 3.63) is 74.1 Å². The van der Waals surface area contributed by atoms with Crippen molar-refractivity contribution in [2.24, 2.45) is 0 Å². The number of amides is 1. The van der Waals surface area contributed by atoms with Crippen molar-refractivity contribution >= 4 is 28.6 Å². The fourth-order valence-electron chi connectivity index (χ4n) is 2.46. The smallest absolute Gasteiger partial charge is 0.251 e. The molecule has 2 aromatic heterocycles. The Morgan fingerprint density at radius 2 is 1.92 bits per heavy atom. The van der Waals surface area contributed by atoms with Crippen molar-refractivity contribution in [2.45, 2.75) is 32.6 Å². The summed E-state index contributed by atoms with van der Waals surface area (Å²) in [6.07, 6.45) is -0.503. The van der Waals surface area contributed by atoms with Gasteiger partial charge in [0.25, 0.3) is 5.91 Å². The highest BCUT2D eigenvalue weighted by atomic mass is 32.1. The van der Waals surface area contributed by atoms with Crippen LogP contribution in [0.15, 0.2) is 53.2 Å². The van der Waals surface area contributed by atoms with Gasteiger partial charge in [-0.05, 0) is 72.6 Å². The van der Waals surface area contributed by atoms with Crippen LogP contribution in [0.3, 0.4) is 0 Å². The molecule has 0 unspecified atom stereocenters. The minimum Gasteiger partial charge on any atom is -0.491 e. The number of thiophene rings is 2. The number of hydrogen-bond donors (Lipinski definition) is 2. The average Bonchev–Trinajstić information content (AvgIpc) is 3.31. The minimum absolute atomic E-state index is 0.104. The van der Waals surface area contributed by atoms with Crippen LogP contribution in [-0.4, -0.2) is 17.1 Å². The summed E-state index contributed by atoms with van der Waals surface area (Å²) >= 11 is 3.07. The highest BCUT2D eigenvalue weighted by Crippen LogP contribution is 2.29. The molecular weight excluding hydrogens is 366 g/mol. The van der Waals surface area contributed by atoms with Crippen molar-refractivity contribution in [3.63, 3.8) is 0 Å². The van der Waals surface area contributed by atoms with Gasteiger partial charge in [0, 0.05) is 15.3 Å². The molecule has 0 aliphatic heterocycles. The molecule has 0 saturated carbocycles. The van der Waals surface area contributed by atoms with E-state index in [2.05, 4.69) is 5.32 Å². The Kier molecular flexibility index (Phi) is 6.08. The van der Waals surface area contributed by atoms with Crippen molar-refractivity contribution in [1.29, 1.82) is 0 Å². The topological polar surface area (TPSA) is 58.6 Å². The largest absolute Gasteiger partial charge is 0.491 e. The van der Waals surface area contributed by atoms with E-state index in [1.54, 1.807) is 35.6 Å². The van der Waals surface area contributed by atoms with E-state index in [4.69, 9.17) is 4.74 Å². The van der Waals surface area contributed by atoms with Crippen LogP contribution in [0.2, 0.25) is 0 Å². The monoisotopic (exact) mass is 387 g/mol. The Hall–Kier alpha value is -2.15. The van der Waals surface area contributed by atoms with Crippen LogP contribution in [-0.2, 0) is 6.54 Å². The Balaban J connectivity index is 1.56. The van der Waals surface area contributed by atoms with Crippen molar-refractivity contribution in [2.75, 3.05) is 0 Å². The summed E-state index contributed by atoms with van der Waals surface area (Å²) in [5.74, 6) is 0.622. The first-order chi connectivity index (χ1) is 12.5. The molecule has 2 heterocycles. The maximum atomic E-state index is 12.3. The van der Waals surface area contributed by atoms with Gasteiger partial charge in [-0.25, -0.2) is 0 Å². The molecule has 0 saturated heterocycles. The van der Waals surface area contributed by atoms with E-state index < -0.39 is 6.10 Å². The second-order valence-corrected chi connectivity index (χ2v) is 8.12. The lowest BCUT2D eigenvalue weighted by Crippen LogP contribution is -2.22. The molecule has 1 atom stereocenters. The molecule has 4 nitrogen and oxygen atoms in total. The molecule has 3 rings (SSSR count). The first-order valence-corrected chi connectivity index (χ1v) is 10.1. The Bertz CT molecular complexity index is 838. The molecule has 1 aromatic carbocycles. The fourth-order valence-corrected chi connectivity index (χ4v) is 4.10. The van der Waals surface area contributed by atoms with Gasteiger partial charge < -0.3 is 15.2 Å². The number of aliphatic hydroxyl groups is 1. The van der Waals surface area contributed by atoms with Gasteiger partial charge in [0.1, 0.15) is 11.9 Å². The van der Waals surface area contributed by atoms with Gasteiger partial charge in [-0.15, -0.1) is 11.3 Å². The highest BCUT2D eigenvalue weighted by molar-refractivity contribution is 7.12. The minimum atomic E-state index is -0.607. The van der Waals surface area contributed by atoms with E-state index >= 15 is 0 Å². The Morgan fingerprint density at radius 3 is 2.58 bits per heavy atom. The number of carbonyl (C=O) groups excluding carboxylic acids is 1. The number of hydrogen-bond acceptors (Lipinski definition) is 5. The van der Waals surface area contributed by atoms with Gasteiger partial charge in [-0.1, -0.05) is 0 Å². The summed E-state index contributed by atoms with van der Waals surface area (Å²) in [7, 11) is 0. The first-order valence-electron chi connectivity index (χ1n) is 8.36. The van der Waals surface area contributed by atoms with Crippen LogP contribution in [0.1, 0.15) is 45.6 Å². The van der Waals surface area contributed by atoms with E-state index in [1.807, 2.05) is 42.8 Å². The predicted molar refractivity (Wildman–Crippen MR) is 106 cm³/mol. The molecule has 0 bridgehead atoms. The number of nitrogens with one attached hydrogen (secondary N) is 1. The van der Waals surface area contributed by atoms with Crippen molar-refractivity contribution < 1.29 is 14.6 Å². The second-order valence-electron chi connectivity index (χ2n) is 6.14. The Morgan fingerprint density at radius 1 is 1.15 bits per heavy atom. The standard InChI is InChI=1S/C20H21NO3S2/c1-13(2)24-16-5-3-14(4-6-16)20(23)21-11-17-7-8-18(26-17)19(22)15-9-10-25-12-15/h3-10,12-13,19,22H,11H2,1-2H3,(H,21,23)/t19-/m1/s1. The molecule has 136 valence electrons. The number of benzene rings is 1. The summed E-state index contributed by atoms with van der Waals surface area (Å²) in [5, 5.41) is 17.2. The zero-order valence-electron chi connectivity index (χ0n) is 14.6. The maximum Gasteiger partial charge on any atom is 0.251 e. The molecule has 6 heteroatoms. The van der Waals surface area contributed by atoms with Crippen LogP contribution in [0.5, 0.6) is 5.75 Å². The average molecular weight is 388 g/mol. The van der Waals surface area contributed by atoms with Crippen LogP contribution in [0.25, 0.3) is 0 Å². The maximum absolute atomic E-state index is 12.3. The molecule has 0 fully saturated rings. The van der Waals surface area contributed by atoms with Crippen LogP contribution in [0, 0.1) is 0 Å². The number of aliphatic hydroxyl groups excluding tert-OH is 1. The molecule has 3 aromatic rings. The normalized spacial score (nSPS) is 12.2. The molecular formula is C20H21NO3S2. The zero-order chi connectivity index (χ0) is 18.5. The first kappa shape index (κ1) is 18.6. The molecule has 0 aliphatic rings. The fraction of sp³-hybridized carbons (Fsp3) is 0.250. The van der Waals surface area contributed by atoms with Crippen LogP contribution < -0.4 is 10.1 Å². The number of ether oxygens (including phenoxy) is 1. The molecule has 1 amide bonds. The van der Waals surface area contributed by atoms with Crippen molar-refractivity contribution in [1.82, 2.24) is 5.32 Å². The molecule has 0 aliphatic carbocycles. The lowest BCUT2D eigenvalue weighted by Gasteiger charge is -2.10.